The van der Waals surface area contributed by atoms with Gasteiger partial charge in [0.25, 0.3) is 0 Å². The van der Waals surface area contributed by atoms with Crippen LogP contribution < -0.4 is 5.84 Å². The number of nitrogens with zero attached hydrogens (tertiary/aromatic N) is 1. The van der Waals surface area contributed by atoms with Gasteiger partial charge in [-0.2, -0.15) is 0 Å². The normalized spacial score (nSPS) is 20.6. The topological polar surface area (TPSA) is 29.3 Å². The quantitative estimate of drug-likeness (QED) is 0.450. The zero-order valence-corrected chi connectivity index (χ0v) is 17.8. The highest BCUT2D eigenvalue weighted by atomic mass is 15.4. The predicted molar refractivity (Wildman–Crippen MR) is 121 cm³/mol. The minimum atomic E-state index is 0.721. The zero-order chi connectivity index (χ0) is 19.9. The molecule has 0 heterocycles. The van der Waals surface area contributed by atoms with Crippen LogP contribution in [0, 0.1) is 18.8 Å². The molecular formula is C26H36N2. The van der Waals surface area contributed by atoms with E-state index in [9.17, 15) is 0 Å². The third kappa shape index (κ3) is 5.48. The third-order valence-electron chi connectivity index (χ3n) is 6.45. The molecule has 2 nitrogen and oxygen atoms in total. The minimum absolute atomic E-state index is 0.721. The molecule has 150 valence electrons. The molecule has 0 radical (unpaired) electrons. The van der Waals surface area contributed by atoms with Crippen LogP contribution in [0.4, 0.5) is 0 Å². The van der Waals surface area contributed by atoms with E-state index in [1.807, 2.05) is 5.01 Å². The first kappa shape index (κ1) is 20.7. The van der Waals surface area contributed by atoms with Crippen LogP contribution in [0.3, 0.4) is 0 Å². The van der Waals surface area contributed by atoms with E-state index in [1.54, 1.807) is 0 Å². The summed E-state index contributed by atoms with van der Waals surface area (Å²) in [5.74, 6) is 8.26. The summed E-state index contributed by atoms with van der Waals surface area (Å²) in [7, 11) is 0. The number of hydrazine groups is 1. The molecule has 2 aromatic rings. The van der Waals surface area contributed by atoms with Crippen molar-refractivity contribution in [1.29, 1.82) is 0 Å². The maximum atomic E-state index is 6.61. The number of allylic oxidation sites excluding steroid dienone is 2. The number of hydrogen-bond acceptors (Lipinski definition) is 2. The molecule has 0 bridgehead atoms. The summed E-state index contributed by atoms with van der Waals surface area (Å²) in [6.07, 6.45) is 7.61. The number of nitrogens with two attached hydrogens (primary N) is 1. The van der Waals surface area contributed by atoms with Crippen molar-refractivity contribution >= 4 is 5.57 Å². The van der Waals surface area contributed by atoms with E-state index < -0.39 is 0 Å². The first-order chi connectivity index (χ1) is 13.6. The summed E-state index contributed by atoms with van der Waals surface area (Å²) in [6, 6.07) is 19.5. The van der Waals surface area contributed by atoms with Gasteiger partial charge < -0.3 is 5.01 Å². The van der Waals surface area contributed by atoms with Gasteiger partial charge in [0.1, 0.15) is 0 Å². The van der Waals surface area contributed by atoms with Crippen LogP contribution in [0.2, 0.25) is 0 Å². The number of aryl methyl sites for hydroxylation is 1. The van der Waals surface area contributed by atoms with Crippen LogP contribution in [0.1, 0.15) is 62.6 Å². The van der Waals surface area contributed by atoms with Gasteiger partial charge in [0.2, 0.25) is 0 Å². The Hall–Kier alpha value is -2.06. The van der Waals surface area contributed by atoms with E-state index in [1.165, 1.54) is 60.1 Å². The molecular weight excluding hydrogens is 340 g/mol. The van der Waals surface area contributed by atoms with Gasteiger partial charge in [0.05, 0.1) is 0 Å². The van der Waals surface area contributed by atoms with Gasteiger partial charge in [-0.1, -0.05) is 86.3 Å². The maximum Gasteiger partial charge on any atom is 0.0366 e. The predicted octanol–water partition coefficient (Wildman–Crippen LogP) is 6.36. The van der Waals surface area contributed by atoms with Gasteiger partial charge in [-0.3, -0.25) is 0 Å². The fourth-order valence-corrected chi connectivity index (χ4v) is 4.52. The fourth-order valence-electron chi connectivity index (χ4n) is 4.52. The lowest BCUT2D eigenvalue weighted by Crippen LogP contribution is -2.36. The number of benzene rings is 2. The molecule has 0 spiro atoms. The fraction of sp³-hybridized carbons (Fsp3) is 0.462. The van der Waals surface area contributed by atoms with Crippen molar-refractivity contribution in [2.75, 3.05) is 6.54 Å². The molecule has 3 rings (SSSR count). The SMILES string of the molecule is CCC1CCC(CN(N)/C(C)=C(\Cc2cccc(C)c2)c2ccccc2)CC1. The zero-order valence-electron chi connectivity index (χ0n) is 17.8. The van der Waals surface area contributed by atoms with Gasteiger partial charge >= 0.3 is 0 Å². The molecule has 2 heteroatoms. The molecule has 1 saturated carbocycles. The van der Waals surface area contributed by atoms with Crippen molar-refractivity contribution in [3.8, 4) is 0 Å². The Kier molecular flexibility index (Phi) is 7.33. The standard InChI is InChI=1S/C26H36N2/c1-4-22-13-15-23(16-14-22)19-28(27)21(3)26(25-11-6-5-7-12-25)18-24-10-8-9-20(2)17-24/h5-12,17,22-23H,4,13-16,18-19,27H2,1-3H3/b26-21+. The lowest BCUT2D eigenvalue weighted by molar-refractivity contribution is 0.208. The van der Waals surface area contributed by atoms with Crippen molar-refractivity contribution in [1.82, 2.24) is 5.01 Å². The number of hydrogen-bond donors (Lipinski definition) is 1. The molecule has 0 saturated heterocycles. The molecule has 2 N–H and O–H groups in total. The van der Waals surface area contributed by atoms with Crippen LogP contribution in [0.15, 0.2) is 60.3 Å². The van der Waals surface area contributed by atoms with Crippen LogP contribution >= 0.6 is 0 Å². The second kappa shape index (κ2) is 9.93. The van der Waals surface area contributed by atoms with E-state index in [2.05, 4.69) is 75.4 Å². The van der Waals surface area contributed by atoms with E-state index >= 15 is 0 Å². The van der Waals surface area contributed by atoms with Crippen molar-refractivity contribution in [3.05, 3.63) is 77.0 Å². The van der Waals surface area contributed by atoms with Crippen molar-refractivity contribution in [3.63, 3.8) is 0 Å². The maximum absolute atomic E-state index is 6.61. The van der Waals surface area contributed by atoms with E-state index in [0.29, 0.717) is 0 Å². The summed E-state index contributed by atoms with van der Waals surface area (Å²) in [6.45, 7) is 7.64. The summed E-state index contributed by atoms with van der Waals surface area (Å²) >= 11 is 0. The van der Waals surface area contributed by atoms with Gasteiger partial charge in [0.15, 0.2) is 0 Å². The summed E-state index contributed by atoms with van der Waals surface area (Å²) in [5.41, 5.74) is 6.45. The number of rotatable bonds is 7. The monoisotopic (exact) mass is 376 g/mol. The average Bonchev–Trinajstić information content (AvgIpc) is 2.73. The van der Waals surface area contributed by atoms with E-state index in [0.717, 1.165) is 24.8 Å². The second-order valence-electron chi connectivity index (χ2n) is 8.54. The molecule has 1 fully saturated rings. The Morgan fingerprint density at radius 3 is 2.29 bits per heavy atom. The van der Waals surface area contributed by atoms with E-state index in [4.69, 9.17) is 5.84 Å². The molecule has 0 aromatic heterocycles. The molecule has 1 aliphatic rings. The lowest BCUT2D eigenvalue weighted by atomic mass is 9.80. The summed E-state index contributed by atoms with van der Waals surface area (Å²) in [4.78, 5) is 0. The van der Waals surface area contributed by atoms with Crippen LogP contribution in [0.25, 0.3) is 5.57 Å². The Morgan fingerprint density at radius 2 is 1.64 bits per heavy atom. The molecule has 0 aliphatic heterocycles. The van der Waals surface area contributed by atoms with Gasteiger partial charge in [0, 0.05) is 12.2 Å². The Bertz CT molecular complexity index is 770. The average molecular weight is 377 g/mol. The molecule has 2 aromatic carbocycles. The highest BCUT2D eigenvalue weighted by Crippen LogP contribution is 2.32. The van der Waals surface area contributed by atoms with Crippen molar-refractivity contribution < 1.29 is 0 Å². The largest absolute Gasteiger partial charge is 0.315 e. The Labute approximate surface area is 171 Å². The Balaban J connectivity index is 1.79. The minimum Gasteiger partial charge on any atom is -0.315 e. The molecule has 0 atom stereocenters. The van der Waals surface area contributed by atoms with Gasteiger partial charge in [-0.25, -0.2) is 5.84 Å². The highest BCUT2D eigenvalue weighted by Gasteiger charge is 2.22. The molecule has 28 heavy (non-hydrogen) atoms. The highest BCUT2D eigenvalue weighted by molar-refractivity contribution is 5.70. The summed E-state index contributed by atoms with van der Waals surface area (Å²) < 4.78 is 0. The van der Waals surface area contributed by atoms with Gasteiger partial charge in [-0.05, 0) is 61.6 Å². The Morgan fingerprint density at radius 1 is 0.964 bits per heavy atom. The molecule has 0 unspecified atom stereocenters. The third-order valence-corrected chi connectivity index (χ3v) is 6.45. The molecule has 0 amide bonds. The molecule has 1 aliphatic carbocycles. The first-order valence-electron chi connectivity index (χ1n) is 10.9. The smallest absolute Gasteiger partial charge is 0.0366 e. The lowest BCUT2D eigenvalue weighted by Gasteiger charge is -2.32. The van der Waals surface area contributed by atoms with Crippen LogP contribution in [0.5, 0.6) is 0 Å². The van der Waals surface area contributed by atoms with Crippen LogP contribution in [-0.4, -0.2) is 11.6 Å². The van der Waals surface area contributed by atoms with Gasteiger partial charge in [-0.15, -0.1) is 0 Å². The second-order valence-corrected chi connectivity index (χ2v) is 8.54. The van der Waals surface area contributed by atoms with E-state index in [-0.39, 0.29) is 0 Å². The first-order valence-corrected chi connectivity index (χ1v) is 10.9. The van der Waals surface area contributed by atoms with Crippen molar-refractivity contribution in [2.45, 2.75) is 59.3 Å². The summed E-state index contributed by atoms with van der Waals surface area (Å²) in [5, 5.41) is 2.02. The van der Waals surface area contributed by atoms with Crippen LogP contribution in [-0.2, 0) is 6.42 Å². The van der Waals surface area contributed by atoms with Crippen molar-refractivity contribution in [2.24, 2.45) is 17.7 Å².